The van der Waals surface area contributed by atoms with Gasteiger partial charge in [0.1, 0.15) is 0 Å². The Hall–Kier alpha value is -0.570. The maximum atomic E-state index is 10.4. The van der Waals surface area contributed by atoms with Crippen LogP contribution in [0.2, 0.25) is 0 Å². The lowest BCUT2D eigenvalue weighted by molar-refractivity contribution is -0.139. The maximum Gasteiger partial charge on any atom is 0.307 e. The fourth-order valence-corrected chi connectivity index (χ4v) is 1.58. The molecule has 1 aliphatic rings. The summed E-state index contributed by atoms with van der Waals surface area (Å²) < 4.78 is 0. The molecule has 0 aliphatic heterocycles. The van der Waals surface area contributed by atoms with E-state index in [1.165, 1.54) is 0 Å². The van der Waals surface area contributed by atoms with E-state index in [0.29, 0.717) is 0 Å². The van der Waals surface area contributed by atoms with Crippen LogP contribution in [0.5, 0.6) is 0 Å². The van der Waals surface area contributed by atoms with Crippen LogP contribution in [0.25, 0.3) is 0 Å². The molecule has 3 nitrogen and oxygen atoms in total. The second kappa shape index (κ2) is 1.95. The molecule has 10 heavy (non-hydrogen) atoms. The SMILES string of the molecule is CC1(C)C(C(=O)O)[C@H]1CO. The summed E-state index contributed by atoms with van der Waals surface area (Å²) in [4.78, 5) is 10.4. The predicted molar refractivity (Wildman–Crippen MR) is 35.5 cm³/mol. The van der Waals surface area contributed by atoms with Gasteiger partial charge < -0.3 is 10.2 Å². The highest BCUT2D eigenvalue weighted by molar-refractivity contribution is 5.75. The van der Waals surface area contributed by atoms with Crippen molar-refractivity contribution in [3.63, 3.8) is 0 Å². The summed E-state index contributed by atoms with van der Waals surface area (Å²) in [5.41, 5.74) is -0.194. The molecule has 0 aromatic carbocycles. The number of hydrogen-bond donors (Lipinski definition) is 2. The molecule has 3 heteroatoms. The van der Waals surface area contributed by atoms with E-state index in [-0.39, 0.29) is 23.9 Å². The highest BCUT2D eigenvalue weighted by Gasteiger charge is 2.61. The molecule has 1 fully saturated rings. The van der Waals surface area contributed by atoms with Crippen molar-refractivity contribution in [2.24, 2.45) is 17.3 Å². The van der Waals surface area contributed by atoms with Gasteiger partial charge in [0.25, 0.3) is 0 Å². The van der Waals surface area contributed by atoms with Crippen LogP contribution < -0.4 is 0 Å². The molecule has 0 bridgehead atoms. The molecule has 0 heterocycles. The first-order chi connectivity index (χ1) is 4.51. The number of aliphatic hydroxyl groups is 1. The zero-order valence-electron chi connectivity index (χ0n) is 6.16. The van der Waals surface area contributed by atoms with Crippen molar-refractivity contribution in [3.8, 4) is 0 Å². The minimum absolute atomic E-state index is 0.00995. The Balaban J connectivity index is 2.61. The Morgan fingerprint density at radius 2 is 2.10 bits per heavy atom. The van der Waals surface area contributed by atoms with E-state index in [1.807, 2.05) is 13.8 Å². The lowest BCUT2D eigenvalue weighted by Gasteiger charge is -1.96. The Bertz CT molecular complexity index is 162. The van der Waals surface area contributed by atoms with Crippen LogP contribution in [0.4, 0.5) is 0 Å². The van der Waals surface area contributed by atoms with Gasteiger partial charge in [0.15, 0.2) is 0 Å². The third-order valence-corrected chi connectivity index (χ3v) is 2.51. The standard InChI is InChI=1S/C7H12O3/c1-7(2)4(3-8)5(7)6(9)10/h4-5,8H,3H2,1-2H3,(H,9,10)/t4-,5?/m1/s1. The van der Waals surface area contributed by atoms with Crippen molar-refractivity contribution >= 4 is 5.97 Å². The van der Waals surface area contributed by atoms with E-state index < -0.39 is 5.97 Å². The summed E-state index contributed by atoms with van der Waals surface area (Å²) in [7, 11) is 0. The van der Waals surface area contributed by atoms with Crippen molar-refractivity contribution in [1.82, 2.24) is 0 Å². The van der Waals surface area contributed by atoms with Crippen LogP contribution in [-0.4, -0.2) is 22.8 Å². The van der Waals surface area contributed by atoms with Crippen LogP contribution in [0.1, 0.15) is 13.8 Å². The Kier molecular flexibility index (Phi) is 1.47. The van der Waals surface area contributed by atoms with E-state index >= 15 is 0 Å². The van der Waals surface area contributed by atoms with Gasteiger partial charge >= 0.3 is 5.97 Å². The zero-order valence-corrected chi connectivity index (χ0v) is 6.16. The van der Waals surface area contributed by atoms with Gasteiger partial charge in [-0.3, -0.25) is 4.79 Å². The minimum atomic E-state index is -0.788. The number of carbonyl (C=O) groups is 1. The third kappa shape index (κ3) is 0.814. The molecule has 0 radical (unpaired) electrons. The molecule has 0 aromatic heterocycles. The average molecular weight is 144 g/mol. The first kappa shape index (κ1) is 7.54. The molecule has 0 spiro atoms. The molecule has 58 valence electrons. The number of carboxylic acids is 1. The van der Waals surface area contributed by atoms with E-state index in [9.17, 15) is 4.79 Å². The third-order valence-electron chi connectivity index (χ3n) is 2.51. The Morgan fingerprint density at radius 3 is 2.20 bits per heavy atom. The maximum absolute atomic E-state index is 10.4. The van der Waals surface area contributed by atoms with E-state index in [2.05, 4.69) is 0 Å². The first-order valence-corrected chi connectivity index (χ1v) is 3.35. The monoisotopic (exact) mass is 144 g/mol. The molecule has 1 unspecified atom stereocenters. The number of aliphatic carboxylic acids is 1. The number of carboxylic acid groups (broad SMARTS) is 1. The predicted octanol–water partition coefficient (Wildman–Crippen LogP) is 0.335. The molecule has 0 saturated heterocycles. The van der Waals surface area contributed by atoms with Crippen LogP contribution >= 0.6 is 0 Å². The topological polar surface area (TPSA) is 57.5 Å². The highest BCUT2D eigenvalue weighted by Crippen LogP contribution is 2.57. The highest BCUT2D eigenvalue weighted by atomic mass is 16.4. The average Bonchev–Trinajstić information content (AvgIpc) is 2.33. The lowest BCUT2D eigenvalue weighted by atomic mass is 10.1. The largest absolute Gasteiger partial charge is 0.481 e. The van der Waals surface area contributed by atoms with Crippen molar-refractivity contribution in [2.75, 3.05) is 6.61 Å². The molecular weight excluding hydrogens is 132 g/mol. The summed E-state index contributed by atoms with van der Waals surface area (Å²) in [5.74, 6) is -1.16. The molecule has 2 N–H and O–H groups in total. The lowest BCUT2D eigenvalue weighted by Crippen LogP contribution is -2.03. The van der Waals surface area contributed by atoms with Crippen molar-refractivity contribution in [2.45, 2.75) is 13.8 Å². The van der Waals surface area contributed by atoms with Crippen molar-refractivity contribution < 1.29 is 15.0 Å². The van der Waals surface area contributed by atoms with Gasteiger partial charge in [-0.2, -0.15) is 0 Å². The van der Waals surface area contributed by atoms with Gasteiger partial charge in [0, 0.05) is 12.5 Å². The molecular formula is C7H12O3. The summed E-state index contributed by atoms with van der Waals surface area (Å²) in [6.07, 6.45) is 0. The van der Waals surface area contributed by atoms with Gasteiger partial charge in [0.2, 0.25) is 0 Å². The van der Waals surface area contributed by atoms with Crippen molar-refractivity contribution in [3.05, 3.63) is 0 Å². The minimum Gasteiger partial charge on any atom is -0.481 e. The molecule has 2 atom stereocenters. The van der Waals surface area contributed by atoms with Crippen LogP contribution in [0, 0.1) is 17.3 Å². The van der Waals surface area contributed by atoms with Gasteiger partial charge in [0.05, 0.1) is 5.92 Å². The molecule has 1 saturated carbocycles. The summed E-state index contributed by atoms with van der Waals surface area (Å²) >= 11 is 0. The quantitative estimate of drug-likeness (QED) is 0.587. The number of rotatable bonds is 2. The molecule has 0 aromatic rings. The molecule has 1 aliphatic carbocycles. The number of hydrogen-bond acceptors (Lipinski definition) is 2. The summed E-state index contributed by atoms with van der Waals surface area (Å²) in [6.45, 7) is 3.73. The molecule has 1 rings (SSSR count). The smallest absolute Gasteiger partial charge is 0.307 e. The van der Waals surface area contributed by atoms with Crippen LogP contribution in [0.15, 0.2) is 0 Å². The van der Waals surface area contributed by atoms with Gasteiger partial charge in [-0.1, -0.05) is 13.8 Å². The zero-order chi connectivity index (χ0) is 7.94. The molecule has 0 amide bonds. The van der Waals surface area contributed by atoms with E-state index in [1.54, 1.807) is 0 Å². The van der Waals surface area contributed by atoms with Crippen molar-refractivity contribution in [1.29, 1.82) is 0 Å². The first-order valence-electron chi connectivity index (χ1n) is 3.35. The number of aliphatic hydroxyl groups excluding tert-OH is 1. The van der Waals surface area contributed by atoms with Gasteiger partial charge in [-0.25, -0.2) is 0 Å². The fraction of sp³-hybridized carbons (Fsp3) is 0.857. The summed E-state index contributed by atoms with van der Waals surface area (Å²) in [6, 6.07) is 0. The Morgan fingerprint density at radius 1 is 1.60 bits per heavy atom. The summed E-state index contributed by atoms with van der Waals surface area (Å²) in [5, 5.41) is 17.3. The van der Waals surface area contributed by atoms with Crippen LogP contribution in [0.3, 0.4) is 0 Å². The second-order valence-corrected chi connectivity index (χ2v) is 3.43. The van der Waals surface area contributed by atoms with E-state index in [0.717, 1.165) is 0 Å². The van der Waals surface area contributed by atoms with E-state index in [4.69, 9.17) is 10.2 Å². The van der Waals surface area contributed by atoms with Gasteiger partial charge in [-0.15, -0.1) is 0 Å². The second-order valence-electron chi connectivity index (χ2n) is 3.43. The Labute approximate surface area is 59.7 Å². The van der Waals surface area contributed by atoms with Gasteiger partial charge in [-0.05, 0) is 5.41 Å². The fourth-order valence-electron chi connectivity index (χ4n) is 1.58. The normalized spacial score (nSPS) is 35.5. The van der Waals surface area contributed by atoms with Crippen LogP contribution in [-0.2, 0) is 4.79 Å².